The summed E-state index contributed by atoms with van der Waals surface area (Å²) in [5, 5.41) is 17.3. The summed E-state index contributed by atoms with van der Waals surface area (Å²) in [4.78, 5) is 1.53. The first-order valence-electron chi connectivity index (χ1n) is 4.13. The van der Waals surface area contributed by atoms with Crippen molar-refractivity contribution in [2.75, 3.05) is 0 Å². The quantitative estimate of drug-likeness (QED) is 0.711. The zero-order chi connectivity index (χ0) is 9.14. The van der Waals surface area contributed by atoms with Crippen LogP contribution in [0, 0.1) is 5.92 Å². The number of aliphatic hydroxyl groups is 1. The van der Waals surface area contributed by atoms with E-state index < -0.39 is 0 Å². The van der Waals surface area contributed by atoms with E-state index in [4.69, 9.17) is 0 Å². The Kier molecular flexibility index (Phi) is 2.81. The molecule has 1 aromatic heterocycles. The lowest BCUT2D eigenvalue weighted by molar-refractivity contribution is 0.134. The predicted octanol–water partition coefficient (Wildman–Crippen LogP) is 0.375. The molecule has 1 rings (SSSR count). The summed E-state index contributed by atoms with van der Waals surface area (Å²) < 4.78 is 0. The van der Waals surface area contributed by atoms with Gasteiger partial charge in [-0.15, -0.1) is 0 Å². The molecule has 0 amide bonds. The highest BCUT2D eigenvalue weighted by Crippen LogP contribution is 2.08. The Labute approximate surface area is 72.2 Å². The third-order valence-electron chi connectivity index (χ3n) is 2.00. The highest BCUT2D eigenvalue weighted by Gasteiger charge is 2.11. The molecular formula is C8H15N3O. The number of hydrogen-bond donors (Lipinski definition) is 1. The predicted molar refractivity (Wildman–Crippen MR) is 45.6 cm³/mol. The molecule has 68 valence electrons. The molecule has 0 radical (unpaired) electrons. The average molecular weight is 169 g/mol. The second-order valence-electron chi connectivity index (χ2n) is 3.25. The Hall–Kier alpha value is -0.900. The summed E-state index contributed by atoms with van der Waals surface area (Å²) >= 11 is 0. The van der Waals surface area contributed by atoms with Crippen molar-refractivity contribution >= 4 is 0 Å². The van der Waals surface area contributed by atoms with Crippen LogP contribution < -0.4 is 0 Å². The summed E-state index contributed by atoms with van der Waals surface area (Å²) in [7, 11) is 1.79. The van der Waals surface area contributed by atoms with Crippen molar-refractivity contribution in [3.05, 3.63) is 11.9 Å². The second-order valence-corrected chi connectivity index (χ2v) is 3.25. The molecule has 2 unspecified atom stereocenters. The van der Waals surface area contributed by atoms with Gasteiger partial charge in [-0.1, -0.05) is 6.92 Å². The number of rotatable bonds is 3. The van der Waals surface area contributed by atoms with Gasteiger partial charge in [0.15, 0.2) is 0 Å². The third-order valence-corrected chi connectivity index (χ3v) is 2.00. The third kappa shape index (κ3) is 2.30. The van der Waals surface area contributed by atoms with E-state index in [1.54, 1.807) is 20.2 Å². The van der Waals surface area contributed by atoms with Gasteiger partial charge < -0.3 is 5.11 Å². The van der Waals surface area contributed by atoms with Crippen molar-refractivity contribution in [3.8, 4) is 0 Å². The standard InChI is InChI=1S/C8H15N3O/c1-6(7(2)12)4-8-5-9-11(3)10-8/h5-7,12H,4H2,1-3H3. The van der Waals surface area contributed by atoms with Gasteiger partial charge in [-0.3, -0.25) is 0 Å². The molecule has 0 fully saturated rings. The minimum atomic E-state index is -0.285. The molecule has 0 saturated carbocycles. The molecule has 4 heteroatoms. The number of nitrogens with zero attached hydrogens (tertiary/aromatic N) is 3. The van der Waals surface area contributed by atoms with Crippen LogP contribution in [0.15, 0.2) is 6.20 Å². The smallest absolute Gasteiger partial charge is 0.0830 e. The molecule has 1 heterocycles. The van der Waals surface area contributed by atoms with Crippen molar-refractivity contribution in [2.45, 2.75) is 26.4 Å². The topological polar surface area (TPSA) is 50.9 Å². The Morgan fingerprint density at radius 1 is 1.58 bits per heavy atom. The molecule has 0 saturated heterocycles. The SMILES string of the molecule is CC(O)C(C)Cc1cnn(C)n1. The van der Waals surface area contributed by atoms with Gasteiger partial charge in [0, 0.05) is 7.05 Å². The first kappa shape index (κ1) is 9.19. The van der Waals surface area contributed by atoms with Gasteiger partial charge in [0.1, 0.15) is 0 Å². The molecule has 1 N–H and O–H groups in total. The maximum atomic E-state index is 9.23. The van der Waals surface area contributed by atoms with Crippen molar-refractivity contribution in [1.82, 2.24) is 15.0 Å². The van der Waals surface area contributed by atoms with Crippen LogP contribution in [-0.4, -0.2) is 26.2 Å². The molecule has 0 aliphatic heterocycles. The van der Waals surface area contributed by atoms with Gasteiger partial charge in [0.05, 0.1) is 18.0 Å². The van der Waals surface area contributed by atoms with Crippen LogP contribution >= 0.6 is 0 Å². The number of aryl methyl sites for hydroxylation is 1. The second kappa shape index (κ2) is 3.67. The van der Waals surface area contributed by atoms with Crippen LogP contribution in [0.5, 0.6) is 0 Å². The molecular weight excluding hydrogens is 154 g/mol. The molecule has 0 aliphatic carbocycles. The lowest BCUT2D eigenvalue weighted by Crippen LogP contribution is -2.15. The summed E-state index contributed by atoms with van der Waals surface area (Å²) in [6, 6.07) is 0. The van der Waals surface area contributed by atoms with Gasteiger partial charge in [-0.05, 0) is 19.3 Å². The zero-order valence-corrected chi connectivity index (χ0v) is 7.73. The summed E-state index contributed by atoms with van der Waals surface area (Å²) in [5.74, 6) is 0.238. The Morgan fingerprint density at radius 2 is 2.25 bits per heavy atom. The Bertz CT molecular complexity index is 244. The normalized spacial score (nSPS) is 16.0. The van der Waals surface area contributed by atoms with E-state index >= 15 is 0 Å². The van der Waals surface area contributed by atoms with E-state index in [-0.39, 0.29) is 12.0 Å². The minimum Gasteiger partial charge on any atom is -0.393 e. The molecule has 0 spiro atoms. The molecule has 0 bridgehead atoms. The van der Waals surface area contributed by atoms with E-state index in [0.29, 0.717) is 0 Å². The molecule has 12 heavy (non-hydrogen) atoms. The maximum Gasteiger partial charge on any atom is 0.0830 e. The fraction of sp³-hybridized carbons (Fsp3) is 0.750. The number of aromatic nitrogens is 3. The van der Waals surface area contributed by atoms with Gasteiger partial charge in [-0.25, -0.2) is 0 Å². The van der Waals surface area contributed by atoms with Crippen LogP contribution in [0.3, 0.4) is 0 Å². The van der Waals surface area contributed by atoms with Gasteiger partial charge in [0.2, 0.25) is 0 Å². The van der Waals surface area contributed by atoms with E-state index in [1.807, 2.05) is 6.92 Å². The Morgan fingerprint density at radius 3 is 2.67 bits per heavy atom. The highest BCUT2D eigenvalue weighted by atomic mass is 16.3. The van der Waals surface area contributed by atoms with E-state index in [2.05, 4.69) is 10.2 Å². The maximum absolute atomic E-state index is 9.23. The van der Waals surface area contributed by atoms with Gasteiger partial charge in [-0.2, -0.15) is 15.0 Å². The summed E-state index contributed by atoms with van der Waals surface area (Å²) in [6.45, 7) is 3.79. The van der Waals surface area contributed by atoms with Crippen molar-refractivity contribution in [2.24, 2.45) is 13.0 Å². The van der Waals surface area contributed by atoms with E-state index in [9.17, 15) is 5.11 Å². The van der Waals surface area contributed by atoms with Crippen molar-refractivity contribution in [3.63, 3.8) is 0 Å². The summed E-state index contributed by atoms with van der Waals surface area (Å²) in [6.07, 6.45) is 2.23. The molecule has 0 aliphatic rings. The monoisotopic (exact) mass is 169 g/mol. The fourth-order valence-corrected chi connectivity index (χ4v) is 0.982. The fourth-order valence-electron chi connectivity index (χ4n) is 0.982. The van der Waals surface area contributed by atoms with Crippen molar-refractivity contribution in [1.29, 1.82) is 0 Å². The van der Waals surface area contributed by atoms with Crippen LogP contribution in [0.4, 0.5) is 0 Å². The Balaban J connectivity index is 2.52. The first-order chi connectivity index (χ1) is 5.59. The van der Waals surface area contributed by atoms with E-state index in [1.165, 1.54) is 4.80 Å². The van der Waals surface area contributed by atoms with Crippen LogP contribution in [0.25, 0.3) is 0 Å². The van der Waals surface area contributed by atoms with Crippen LogP contribution in [0.2, 0.25) is 0 Å². The average Bonchev–Trinajstić information content (AvgIpc) is 2.35. The highest BCUT2D eigenvalue weighted by molar-refractivity contribution is 4.93. The van der Waals surface area contributed by atoms with E-state index in [0.717, 1.165) is 12.1 Å². The van der Waals surface area contributed by atoms with Crippen LogP contribution in [-0.2, 0) is 13.5 Å². The minimum absolute atomic E-state index is 0.238. The number of hydrogen-bond acceptors (Lipinski definition) is 3. The first-order valence-corrected chi connectivity index (χ1v) is 4.13. The van der Waals surface area contributed by atoms with Crippen LogP contribution in [0.1, 0.15) is 19.5 Å². The van der Waals surface area contributed by atoms with Gasteiger partial charge >= 0.3 is 0 Å². The van der Waals surface area contributed by atoms with Crippen molar-refractivity contribution < 1.29 is 5.11 Å². The largest absolute Gasteiger partial charge is 0.393 e. The van der Waals surface area contributed by atoms with Gasteiger partial charge in [0.25, 0.3) is 0 Å². The molecule has 0 aromatic carbocycles. The summed E-state index contributed by atoms with van der Waals surface area (Å²) in [5.41, 5.74) is 0.936. The molecule has 2 atom stereocenters. The molecule has 1 aromatic rings. The lowest BCUT2D eigenvalue weighted by atomic mass is 10.0. The zero-order valence-electron chi connectivity index (χ0n) is 7.73. The number of aliphatic hydroxyl groups excluding tert-OH is 1. The lowest BCUT2D eigenvalue weighted by Gasteiger charge is -2.11. The molecule has 4 nitrogen and oxygen atoms in total.